The fourth-order valence-corrected chi connectivity index (χ4v) is 4.40. The minimum Gasteiger partial charge on any atom is -0.493 e. The first-order valence-electron chi connectivity index (χ1n) is 13.2. The van der Waals surface area contributed by atoms with Crippen LogP contribution in [0.4, 0.5) is 4.79 Å². The molecule has 41 heavy (non-hydrogen) atoms. The molecule has 0 aromatic heterocycles. The molecular formula is C31H31ClN2O7. The Hall–Kier alpha value is -4.50. The molecule has 10 heteroatoms. The van der Waals surface area contributed by atoms with Crippen LogP contribution in [-0.2, 0) is 22.7 Å². The highest BCUT2D eigenvalue weighted by atomic mass is 35.5. The Morgan fingerprint density at radius 2 is 1.66 bits per heavy atom. The molecule has 0 atom stereocenters. The average Bonchev–Trinajstić information content (AvgIpc) is 2.97. The first-order chi connectivity index (χ1) is 19.8. The molecular weight excluding hydrogens is 548 g/mol. The minimum atomic E-state index is -0.818. The Bertz CT molecular complexity index is 1460. The number of rotatable bonds is 12. The van der Waals surface area contributed by atoms with Gasteiger partial charge in [0.25, 0.3) is 11.8 Å². The maximum absolute atomic E-state index is 13.4. The number of benzene rings is 3. The number of barbiturate groups is 1. The summed E-state index contributed by atoms with van der Waals surface area (Å²) in [7, 11) is 1.46. The van der Waals surface area contributed by atoms with Gasteiger partial charge in [-0.05, 0) is 60.4 Å². The van der Waals surface area contributed by atoms with E-state index in [1.807, 2.05) is 44.2 Å². The first-order valence-corrected chi connectivity index (χ1v) is 13.5. The van der Waals surface area contributed by atoms with Crippen molar-refractivity contribution >= 4 is 35.5 Å². The van der Waals surface area contributed by atoms with Gasteiger partial charge in [-0.25, -0.2) is 4.79 Å². The van der Waals surface area contributed by atoms with Crippen molar-refractivity contribution in [2.45, 2.75) is 33.4 Å². The van der Waals surface area contributed by atoms with E-state index in [2.05, 4.69) is 5.32 Å². The van der Waals surface area contributed by atoms with Crippen LogP contribution in [0.2, 0.25) is 5.02 Å². The molecule has 1 fully saturated rings. The van der Waals surface area contributed by atoms with E-state index in [1.54, 1.807) is 30.3 Å². The Morgan fingerprint density at radius 1 is 0.878 bits per heavy atom. The lowest BCUT2D eigenvalue weighted by molar-refractivity contribution is -0.130. The number of urea groups is 1. The maximum Gasteiger partial charge on any atom is 0.331 e. The fourth-order valence-electron chi connectivity index (χ4n) is 4.13. The second kappa shape index (κ2) is 13.7. The number of hydrogen-bond acceptors (Lipinski definition) is 7. The lowest BCUT2D eigenvalue weighted by Crippen LogP contribution is -2.53. The summed E-state index contributed by atoms with van der Waals surface area (Å²) in [6.45, 7) is 4.98. The normalized spacial score (nSPS) is 14.2. The molecule has 1 aliphatic rings. The molecule has 4 rings (SSSR count). The average molecular weight is 579 g/mol. The number of hydrogen-bond donors (Lipinski definition) is 1. The third kappa shape index (κ3) is 7.18. The summed E-state index contributed by atoms with van der Waals surface area (Å²) in [5, 5.41) is 2.47. The first kappa shape index (κ1) is 29.5. The number of nitrogens with one attached hydrogen (secondary N) is 1. The van der Waals surface area contributed by atoms with Gasteiger partial charge in [-0.3, -0.25) is 19.8 Å². The number of nitrogens with zero attached hydrogens (tertiary/aromatic N) is 1. The van der Waals surface area contributed by atoms with E-state index >= 15 is 0 Å². The van der Waals surface area contributed by atoms with Crippen LogP contribution >= 0.6 is 11.6 Å². The highest BCUT2D eigenvalue weighted by Crippen LogP contribution is 2.38. The van der Waals surface area contributed by atoms with Crippen LogP contribution in [0.3, 0.4) is 0 Å². The highest BCUT2D eigenvalue weighted by molar-refractivity contribution is 6.33. The van der Waals surface area contributed by atoms with Gasteiger partial charge in [0.1, 0.15) is 12.2 Å². The molecule has 3 aromatic rings. The molecule has 214 valence electrons. The van der Waals surface area contributed by atoms with Crippen LogP contribution in [-0.4, -0.2) is 43.1 Å². The van der Waals surface area contributed by atoms with Gasteiger partial charge in [0, 0.05) is 0 Å². The number of carbonyl (C=O) groups excluding carboxylic acids is 3. The Balaban J connectivity index is 1.57. The summed E-state index contributed by atoms with van der Waals surface area (Å²) in [4.78, 5) is 39.7. The number of methoxy groups -OCH3 is 1. The van der Waals surface area contributed by atoms with E-state index in [0.29, 0.717) is 47.3 Å². The van der Waals surface area contributed by atoms with Crippen LogP contribution in [0, 0.1) is 0 Å². The van der Waals surface area contributed by atoms with Crippen molar-refractivity contribution in [2.75, 3.05) is 20.3 Å². The summed E-state index contributed by atoms with van der Waals surface area (Å²) in [6, 6.07) is 17.1. The van der Waals surface area contributed by atoms with E-state index in [9.17, 15) is 14.4 Å². The molecule has 0 spiro atoms. The third-order valence-electron chi connectivity index (χ3n) is 6.08. The predicted molar refractivity (Wildman–Crippen MR) is 154 cm³/mol. The lowest BCUT2D eigenvalue weighted by atomic mass is 10.1. The van der Waals surface area contributed by atoms with Gasteiger partial charge < -0.3 is 18.9 Å². The molecule has 0 unspecified atom stereocenters. The van der Waals surface area contributed by atoms with Crippen LogP contribution in [0.25, 0.3) is 6.08 Å². The topological polar surface area (TPSA) is 103 Å². The number of halogens is 1. The standard InChI is InChI=1S/C31H31ClN2O7/c1-4-13-40-25-12-11-21(16-26(25)39-5-2)18-34-30(36)23(29(35)33-31(34)37)14-22-15-24(32)28(27(17-22)38-3)41-19-20-9-7-6-8-10-20/h6-12,14-17H,4-5,13,18-19H2,1-3H3,(H,33,35,37)/b23-14+. The SMILES string of the molecule is CCCOc1ccc(CN2C(=O)NC(=O)/C(=C\c3cc(Cl)c(OCc4ccccc4)c(OC)c3)C2=O)cc1OCC. The number of carbonyl (C=O) groups is 3. The Kier molecular flexibility index (Phi) is 9.86. The van der Waals surface area contributed by atoms with E-state index < -0.39 is 17.8 Å². The zero-order chi connectivity index (χ0) is 29.4. The molecule has 0 radical (unpaired) electrons. The van der Waals surface area contributed by atoms with Crippen molar-refractivity contribution in [1.82, 2.24) is 10.2 Å². The summed E-state index contributed by atoms with van der Waals surface area (Å²) < 4.78 is 22.8. The van der Waals surface area contributed by atoms with Crippen molar-refractivity contribution in [3.8, 4) is 23.0 Å². The highest BCUT2D eigenvalue weighted by Gasteiger charge is 2.36. The van der Waals surface area contributed by atoms with Crippen LogP contribution in [0.15, 0.2) is 66.2 Å². The molecule has 9 nitrogen and oxygen atoms in total. The molecule has 1 aliphatic heterocycles. The van der Waals surface area contributed by atoms with Crippen molar-refractivity contribution in [1.29, 1.82) is 0 Å². The maximum atomic E-state index is 13.4. The Morgan fingerprint density at radius 3 is 2.37 bits per heavy atom. The zero-order valence-electron chi connectivity index (χ0n) is 23.1. The van der Waals surface area contributed by atoms with Crippen molar-refractivity contribution in [3.63, 3.8) is 0 Å². The van der Waals surface area contributed by atoms with Crippen molar-refractivity contribution < 1.29 is 33.3 Å². The van der Waals surface area contributed by atoms with Gasteiger partial charge in [-0.15, -0.1) is 0 Å². The molecule has 1 heterocycles. The smallest absolute Gasteiger partial charge is 0.331 e. The van der Waals surface area contributed by atoms with Gasteiger partial charge in [-0.2, -0.15) is 0 Å². The quantitative estimate of drug-likeness (QED) is 0.215. The second-order valence-corrected chi connectivity index (χ2v) is 9.49. The molecule has 4 amide bonds. The lowest BCUT2D eigenvalue weighted by Gasteiger charge is -2.26. The summed E-state index contributed by atoms with van der Waals surface area (Å²) in [5.41, 5.74) is 1.76. The molecule has 3 aromatic carbocycles. The summed E-state index contributed by atoms with van der Waals surface area (Å²) in [5.74, 6) is 0.172. The van der Waals surface area contributed by atoms with Gasteiger partial charge >= 0.3 is 6.03 Å². The van der Waals surface area contributed by atoms with Crippen molar-refractivity contribution in [2.24, 2.45) is 0 Å². The van der Waals surface area contributed by atoms with Crippen LogP contribution < -0.4 is 24.3 Å². The van der Waals surface area contributed by atoms with Crippen molar-refractivity contribution in [3.05, 3.63) is 87.9 Å². The molecule has 1 N–H and O–H groups in total. The molecule has 0 saturated carbocycles. The summed E-state index contributed by atoms with van der Waals surface area (Å²) in [6.07, 6.45) is 2.19. The fraction of sp³-hybridized carbons (Fsp3) is 0.258. The van der Waals surface area contributed by atoms with Gasteiger partial charge in [0.15, 0.2) is 23.0 Å². The van der Waals surface area contributed by atoms with Crippen LogP contribution in [0.1, 0.15) is 37.0 Å². The molecule has 0 aliphatic carbocycles. The monoisotopic (exact) mass is 578 g/mol. The van der Waals surface area contributed by atoms with Gasteiger partial charge in [0.2, 0.25) is 0 Å². The zero-order valence-corrected chi connectivity index (χ0v) is 23.8. The third-order valence-corrected chi connectivity index (χ3v) is 6.37. The number of ether oxygens (including phenoxy) is 4. The largest absolute Gasteiger partial charge is 0.493 e. The van der Waals surface area contributed by atoms with E-state index in [1.165, 1.54) is 13.2 Å². The van der Waals surface area contributed by atoms with E-state index in [4.69, 9.17) is 30.5 Å². The summed E-state index contributed by atoms with van der Waals surface area (Å²) >= 11 is 6.51. The Labute approximate surface area is 243 Å². The number of imide groups is 2. The predicted octanol–water partition coefficient (Wildman–Crippen LogP) is 5.78. The van der Waals surface area contributed by atoms with E-state index in [0.717, 1.165) is 16.9 Å². The van der Waals surface area contributed by atoms with E-state index in [-0.39, 0.29) is 23.7 Å². The number of amides is 4. The van der Waals surface area contributed by atoms with Gasteiger partial charge in [0.05, 0.1) is 31.9 Å². The molecule has 0 bridgehead atoms. The second-order valence-electron chi connectivity index (χ2n) is 9.08. The van der Waals surface area contributed by atoms with Gasteiger partial charge in [-0.1, -0.05) is 54.9 Å². The van der Waals surface area contributed by atoms with Crippen LogP contribution in [0.5, 0.6) is 23.0 Å². The minimum absolute atomic E-state index is 0.0836. The molecule has 1 saturated heterocycles.